The molecule has 19 heavy (non-hydrogen) atoms. The predicted octanol–water partition coefficient (Wildman–Crippen LogP) is 3.14. The second-order valence-electron chi connectivity index (χ2n) is 4.11. The van der Waals surface area contributed by atoms with Crippen LogP contribution in [0, 0.1) is 6.92 Å². The van der Waals surface area contributed by atoms with E-state index in [-0.39, 0.29) is 10.6 Å². The van der Waals surface area contributed by atoms with Crippen LogP contribution in [-0.4, -0.2) is 8.42 Å². The summed E-state index contributed by atoms with van der Waals surface area (Å²) >= 11 is 3.30. The Balaban J connectivity index is 2.44. The summed E-state index contributed by atoms with van der Waals surface area (Å²) in [6.07, 6.45) is 0. The van der Waals surface area contributed by atoms with E-state index < -0.39 is 10.0 Å². The summed E-state index contributed by atoms with van der Waals surface area (Å²) in [7, 11) is -3.69. The van der Waals surface area contributed by atoms with E-state index in [0.29, 0.717) is 11.3 Å². The Morgan fingerprint density at radius 3 is 2.47 bits per heavy atom. The third-order valence-electron chi connectivity index (χ3n) is 2.59. The van der Waals surface area contributed by atoms with Gasteiger partial charge in [0.1, 0.15) is 4.90 Å². The zero-order valence-electron chi connectivity index (χ0n) is 10.2. The smallest absolute Gasteiger partial charge is 0.264 e. The largest absolute Gasteiger partial charge is 0.398 e. The van der Waals surface area contributed by atoms with Crippen molar-refractivity contribution in [2.45, 2.75) is 11.8 Å². The first kappa shape index (κ1) is 13.9. The van der Waals surface area contributed by atoms with Gasteiger partial charge in [-0.3, -0.25) is 4.72 Å². The zero-order chi connectivity index (χ0) is 14.0. The fraction of sp³-hybridized carbons (Fsp3) is 0.0769. The number of aryl methyl sites for hydroxylation is 1. The lowest BCUT2D eigenvalue weighted by molar-refractivity contribution is 0.601. The molecule has 0 aliphatic heterocycles. The Kier molecular flexibility index (Phi) is 3.82. The van der Waals surface area contributed by atoms with Gasteiger partial charge in [0.15, 0.2) is 0 Å². The molecule has 2 rings (SSSR count). The maximum absolute atomic E-state index is 12.3. The Bertz CT molecular complexity index is 694. The van der Waals surface area contributed by atoms with Gasteiger partial charge in [0.25, 0.3) is 10.0 Å². The molecule has 3 N–H and O–H groups in total. The normalized spacial score (nSPS) is 11.3. The molecule has 2 aromatic carbocycles. The Labute approximate surface area is 120 Å². The highest BCUT2D eigenvalue weighted by molar-refractivity contribution is 9.10. The lowest BCUT2D eigenvalue weighted by Gasteiger charge is -2.12. The second-order valence-corrected chi connectivity index (χ2v) is 6.64. The van der Waals surface area contributed by atoms with E-state index in [2.05, 4.69) is 20.7 Å². The number of nitrogens with two attached hydrogens (primary N) is 1. The molecule has 0 aliphatic carbocycles. The molecule has 100 valence electrons. The molecule has 0 aliphatic rings. The van der Waals surface area contributed by atoms with E-state index in [1.54, 1.807) is 43.3 Å². The molecule has 0 radical (unpaired) electrons. The van der Waals surface area contributed by atoms with Gasteiger partial charge in [-0.2, -0.15) is 0 Å². The molecule has 0 amide bonds. The molecule has 0 spiro atoms. The van der Waals surface area contributed by atoms with Gasteiger partial charge in [-0.1, -0.05) is 34.1 Å². The number of benzene rings is 2. The van der Waals surface area contributed by atoms with Crippen molar-refractivity contribution in [2.24, 2.45) is 0 Å². The molecule has 0 atom stereocenters. The van der Waals surface area contributed by atoms with Crippen LogP contribution in [0.25, 0.3) is 0 Å². The molecule has 0 unspecified atom stereocenters. The first-order valence-electron chi connectivity index (χ1n) is 5.53. The van der Waals surface area contributed by atoms with Gasteiger partial charge in [0.05, 0.1) is 5.69 Å². The van der Waals surface area contributed by atoms with Crippen LogP contribution in [0.4, 0.5) is 11.4 Å². The van der Waals surface area contributed by atoms with Gasteiger partial charge < -0.3 is 5.73 Å². The molecular weight excluding hydrogens is 328 g/mol. The number of nitrogen functional groups attached to an aromatic ring is 1. The summed E-state index contributed by atoms with van der Waals surface area (Å²) < 4.78 is 28.0. The van der Waals surface area contributed by atoms with E-state index in [1.807, 2.05) is 6.07 Å². The number of hydrogen-bond acceptors (Lipinski definition) is 3. The van der Waals surface area contributed by atoms with Crippen LogP contribution in [0.5, 0.6) is 0 Å². The van der Waals surface area contributed by atoms with E-state index in [4.69, 9.17) is 5.73 Å². The van der Waals surface area contributed by atoms with Crippen LogP contribution in [0.15, 0.2) is 51.8 Å². The molecule has 0 heterocycles. The summed E-state index contributed by atoms with van der Waals surface area (Å²) in [5, 5.41) is 0. The minimum absolute atomic E-state index is 0.120. The van der Waals surface area contributed by atoms with Gasteiger partial charge in [0, 0.05) is 10.2 Å². The van der Waals surface area contributed by atoms with Crippen molar-refractivity contribution in [2.75, 3.05) is 10.5 Å². The van der Waals surface area contributed by atoms with Gasteiger partial charge in [0.2, 0.25) is 0 Å². The molecule has 4 nitrogen and oxygen atoms in total. The van der Waals surface area contributed by atoms with E-state index in [9.17, 15) is 8.42 Å². The third kappa shape index (κ3) is 3.08. The summed E-state index contributed by atoms with van der Waals surface area (Å²) in [5.41, 5.74) is 7.10. The van der Waals surface area contributed by atoms with E-state index in [0.717, 1.165) is 4.47 Å². The van der Waals surface area contributed by atoms with Crippen molar-refractivity contribution in [3.8, 4) is 0 Å². The third-order valence-corrected chi connectivity index (χ3v) is 4.68. The van der Waals surface area contributed by atoms with Crippen LogP contribution in [0.1, 0.15) is 5.56 Å². The molecular formula is C13H13BrN2O2S. The maximum Gasteiger partial charge on any atom is 0.264 e. The highest BCUT2D eigenvalue weighted by Gasteiger charge is 2.19. The first-order valence-corrected chi connectivity index (χ1v) is 7.81. The highest BCUT2D eigenvalue weighted by atomic mass is 79.9. The average Bonchev–Trinajstić information content (AvgIpc) is 2.27. The summed E-state index contributed by atoms with van der Waals surface area (Å²) in [5.74, 6) is 0. The minimum atomic E-state index is -3.69. The maximum atomic E-state index is 12.3. The van der Waals surface area contributed by atoms with E-state index in [1.165, 1.54) is 0 Å². The summed E-state index contributed by atoms with van der Waals surface area (Å²) in [6, 6.07) is 11.9. The van der Waals surface area contributed by atoms with Crippen molar-refractivity contribution < 1.29 is 8.42 Å². The van der Waals surface area contributed by atoms with Gasteiger partial charge in [-0.25, -0.2) is 8.42 Å². The number of anilines is 2. The van der Waals surface area contributed by atoms with E-state index >= 15 is 0 Å². The van der Waals surface area contributed by atoms with Crippen LogP contribution >= 0.6 is 15.9 Å². The average molecular weight is 341 g/mol. The molecule has 6 heteroatoms. The van der Waals surface area contributed by atoms with Gasteiger partial charge in [-0.05, 0) is 36.8 Å². The Hall–Kier alpha value is -1.53. The van der Waals surface area contributed by atoms with Crippen LogP contribution in [0.3, 0.4) is 0 Å². The van der Waals surface area contributed by atoms with Crippen LogP contribution in [0.2, 0.25) is 0 Å². The quantitative estimate of drug-likeness (QED) is 0.843. The van der Waals surface area contributed by atoms with Crippen molar-refractivity contribution in [3.05, 3.63) is 52.5 Å². The summed E-state index contributed by atoms with van der Waals surface area (Å²) in [4.78, 5) is 0.120. The molecule has 0 saturated carbocycles. The van der Waals surface area contributed by atoms with Crippen molar-refractivity contribution in [3.63, 3.8) is 0 Å². The molecule has 2 aromatic rings. The fourth-order valence-corrected chi connectivity index (χ4v) is 3.61. The molecule has 0 aromatic heterocycles. The number of sulfonamides is 1. The van der Waals surface area contributed by atoms with Gasteiger partial charge in [-0.15, -0.1) is 0 Å². The number of rotatable bonds is 3. The van der Waals surface area contributed by atoms with Crippen molar-refractivity contribution >= 4 is 37.3 Å². The molecule has 0 bridgehead atoms. The lowest BCUT2D eigenvalue weighted by Crippen LogP contribution is -2.16. The fourth-order valence-electron chi connectivity index (χ4n) is 1.80. The van der Waals surface area contributed by atoms with Crippen LogP contribution < -0.4 is 10.5 Å². The molecule has 0 fully saturated rings. The number of halogens is 1. The van der Waals surface area contributed by atoms with Crippen LogP contribution in [-0.2, 0) is 10.0 Å². The van der Waals surface area contributed by atoms with Crippen molar-refractivity contribution in [1.29, 1.82) is 0 Å². The first-order chi connectivity index (χ1) is 8.90. The summed E-state index contributed by atoms with van der Waals surface area (Å²) in [6.45, 7) is 1.71. The zero-order valence-corrected chi connectivity index (χ0v) is 12.6. The standard InChI is InChI=1S/C13H13BrN2O2S/c1-9-4-2-7-12(15)13(9)19(17,18)16-11-6-3-5-10(14)8-11/h2-8,16H,15H2,1H3. The molecule has 0 saturated heterocycles. The number of nitrogens with one attached hydrogen (secondary N) is 1. The highest BCUT2D eigenvalue weighted by Crippen LogP contribution is 2.25. The van der Waals surface area contributed by atoms with Crippen molar-refractivity contribution in [1.82, 2.24) is 0 Å². The SMILES string of the molecule is Cc1cccc(N)c1S(=O)(=O)Nc1cccc(Br)c1. The van der Waals surface area contributed by atoms with Gasteiger partial charge >= 0.3 is 0 Å². The number of hydrogen-bond donors (Lipinski definition) is 2. The Morgan fingerprint density at radius 1 is 1.16 bits per heavy atom. The Morgan fingerprint density at radius 2 is 1.84 bits per heavy atom. The minimum Gasteiger partial charge on any atom is -0.398 e. The topological polar surface area (TPSA) is 72.2 Å². The predicted molar refractivity (Wildman–Crippen MR) is 80.5 cm³/mol. The second kappa shape index (κ2) is 5.22. The monoisotopic (exact) mass is 340 g/mol. The lowest BCUT2D eigenvalue weighted by atomic mass is 10.2.